The molecule has 1 unspecified atom stereocenters. The lowest BCUT2D eigenvalue weighted by molar-refractivity contribution is -0.306. The molecule has 2 aromatic rings. The minimum Gasteiger partial charge on any atom is -0.444 e. The molecule has 214 valence electrons. The second-order valence-corrected chi connectivity index (χ2v) is 10.9. The third-order valence-electron chi connectivity index (χ3n) is 6.26. The van der Waals surface area contributed by atoms with Crippen LogP contribution >= 0.6 is 11.8 Å². The van der Waals surface area contributed by atoms with Gasteiger partial charge in [0.25, 0.3) is 5.91 Å². The highest BCUT2D eigenvalue weighted by Gasteiger charge is 2.71. The molecule has 0 saturated carbocycles. The van der Waals surface area contributed by atoms with E-state index in [9.17, 15) is 40.3 Å². The zero-order valence-corrected chi connectivity index (χ0v) is 22.3. The molecule has 1 aliphatic heterocycles. The van der Waals surface area contributed by atoms with Crippen LogP contribution in [0.2, 0.25) is 0 Å². The predicted octanol–water partition coefficient (Wildman–Crippen LogP) is 7.56. The number of nitrogens with one attached hydrogen (secondary N) is 1. The molecule has 0 fully saturated rings. The monoisotopic (exact) mass is 580 g/mol. The molecule has 1 N–H and O–H groups in total. The molecular weight excluding hydrogens is 553 g/mol. The van der Waals surface area contributed by atoms with Crippen molar-refractivity contribution in [2.75, 3.05) is 18.2 Å². The van der Waals surface area contributed by atoms with Crippen molar-refractivity contribution in [2.24, 2.45) is 0 Å². The summed E-state index contributed by atoms with van der Waals surface area (Å²) in [4.78, 5) is 28.4. The second-order valence-electron chi connectivity index (χ2n) is 9.98. The van der Waals surface area contributed by atoms with E-state index in [0.29, 0.717) is 23.3 Å². The largest absolute Gasteiger partial charge is 0.444 e. The van der Waals surface area contributed by atoms with Gasteiger partial charge in [0, 0.05) is 17.0 Å². The lowest BCUT2D eigenvalue weighted by Gasteiger charge is -2.37. The quantitative estimate of drug-likeness (QED) is 0.283. The van der Waals surface area contributed by atoms with Crippen molar-refractivity contribution in [3.05, 3.63) is 59.2 Å². The highest BCUT2D eigenvalue weighted by molar-refractivity contribution is 7.98. The molecule has 1 aliphatic rings. The summed E-state index contributed by atoms with van der Waals surface area (Å²) >= 11 is 1.46. The fourth-order valence-corrected chi connectivity index (χ4v) is 4.90. The van der Waals surface area contributed by atoms with Gasteiger partial charge in [0.1, 0.15) is 11.6 Å². The normalized spacial score (nSPS) is 16.2. The van der Waals surface area contributed by atoms with Gasteiger partial charge in [0.05, 0.1) is 13.2 Å². The van der Waals surface area contributed by atoms with Crippen LogP contribution in [-0.4, -0.2) is 47.8 Å². The Kier molecular flexibility index (Phi) is 8.54. The van der Waals surface area contributed by atoms with Crippen LogP contribution in [0.3, 0.4) is 0 Å². The Bertz CT molecular complexity index is 1190. The van der Waals surface area contributed by atoms with Gasteiger partial charge in [-0.2, -0.15) is 26.3 Å². The molecule has 2 amide bonds. The van der Waals surface area contributed by atoms with Gasteiger partial charge in [-0.25, -0.2) is 4.79 Å². The molecule has 0 radical (unpaired) electrons. The van der Waals surface area contributed by atoms with Crippen LogP contribution in [0.5, 0.6) is 0 Å². The van der Waals surface area contributed by atoms with Crippen molar-refractivity contribution in [2.45, 2.75) is 68.0 Å². The van der Waals surface area contributed by atoms with Gasteiger partial charge in [-0.05, 0) is 68.0 Å². The van der Waals surface area contributed by atoms with E-state index in [1.807, 2.05) is 12.3 Å². The molecule has 1 heterocycles. The number of thioether (sulfide) groups is 1. The molecule has 39 heavy (non-hydrogen) atoms. The Hall–Kier alpha value is -2.96. The molecule has 2 aromatic carbocycles. The highest BCUT2D eigenvalue weighted by Crippen LogP contribution is 2.54. The molecule has 0 bridgehead atoms. The van der Waals surface area contributed by atoms with Crippen molar-refractivity contribution in [1.82, 2.24) is 4.90 Å². The number of ether oxygens (including phenoxy) is 1. The van der Waals surface area contributed by atoms with Crippen LogP contribution in [0.4, 0.5) is 41.2 Å². The van der Waals surface area contributed by atoms with Crippen molar-refractivity contribution in [3.63, 3.8) is 0 Å². The molecule has 13 heteroatoms. The van der Waals surface area contributed by atoms with Crippen LogP contribution in [0, 0.1) is 0 Å². The number of nitrogens with zero attached hydrogens (tertiary/aromatic N) is 1. The van der Waals surface area contributed by atoms with E-state index in [1.54, 1.807) is 32.9 Å². The summed E-state index contributed by atoms with van der Waals surface area (Å²) in [5, 5.41) is 2.46. The van der Waals surface area contributed by atoms with Gasteiger partial charge < -0.3 is 10.1 Å². The van der Waals surface area contributed by atoms with Gasteiger partial charge in [0.15, 0.2) is 5.41 Å². The number of halogens is 7. The van der Waals surface area contributed by atoms with Crippen LogP contribution < -0.4 is 5.32 Å². The average Bonchev–Trinajstić information content (AvgIpc) is 3.19. The summed E-state index contributed by atoms with van der Waals surface area (Å²) < 4.78 is 100. The maximum Gasteiger partial charge on any atom is 0.411 e. The van der Waals surface area contributed by atoms with Crippen molar-refractivity contribution >= 4 is 29.4 Å². The summed E-state index contributed by atoms with van der Waals surface area (Å²) in [6.45, 7) is 3.17. The fourth-order valence-electron chi connectivity index (χ4n) is 4.44. The average molecular weight is 581 g/mol. The topological polar surface area (TPSA) is 58.6 Å². The van der Waals surface area contributed by atoms with Gasteiger partial charge in [-0.15, -0.1) is 11.8 Å². The van der Waals surface area contributed by atoms with Gasteiger partial charge in [0.2, 0.25) is 0 Å². The summed E-state index contributed by atoms with van der Waals surface area (Å²) in [7, 11) is 0. The van der Waals surface area contributed by atoms with E-state index in [4.69, 9.17) is 4.74 Å². The highest BCUT2D eigenvalue weighted by atomic mass is 32.2. The summed E-state index contributed by atoms with van der Waals surface area (Å²) in [6, 6.07) is 6.97. The number of anilines is 1. The molecule has 1 atom stereocenters. The SMILES string of the molecule is CSc1ccc2c(c1)CN(C(=O)OC(C)(C)C)C2C(=O)Nc1ccc(C(CCF)(C(F)(F)F)C(F)(F)F)cc1. The molecule has 0 aliphatic carbocycles. The lowest BCUT2D eigenvalue weighted by Crippen LogP contribution is -2.54. The smallest absolute Gasteiger partial charge is 0.411 e. The molecule has 3 rings (SSSR count). The lowest BCUT2D eigenvalue weighted by atomic mass is 9.76. The van der Waals surface area contributed by atoms with Crippen molar-refractivity contribution in [3.8, 4) is 0 Å². The molecular formula is C26H27F7N2O3S. The third kappa shape index (κ3) is 6.12. The first-order chi connectivity index (χ1) is 17.9. The predicted molar refractivity (Wildman–Crippen MR) is 132 cm³/mol. The van der Waals surface area contributed by atoms with E-state index >= 15 is 0 Å². The Labute approximate surface area is 225 Å². The Balaban J connectivity index is 1.95. The number of rotatable bonds is 6. The maximum atomic E-state index is 13.7. The minimum atomic E-state index is -5.82. The van der Waals surface area contributed by atoms with E-state index in [0.717, 1.165) is 17.0 Å². The number of hydrogen-bond donors (Lipinski definition) is 1. The van der Waals surface area contributed by atoms with E-state index in [1.165, 1.54) is 16.7 Å². The van der Waals surface area contributed by atoms with Crippen LogP contribution in [0.25, 0.3) is 0 Å². The summed E-state index contributed by atoms with van der Waals surface area (Å²) in [5.41, 5.74) is -5.40. The van der Waals surface area contributed by atoms with Gasteiger partial charge >= 0.3 is 18.4 Å². The molecule has 0 saturated heterocycles. The van der Waals surface area contributed by atoms with Gasteiger partial charge in [-0.1, -0.05) is 18.2 Å². The van der Waals surface area contributed by atoms with E-state index in [-0.39, 0.29) is 12.2 Å². The summed E-state index contributed by atoms with van der Waals surface area (Å²) in [6.07, 6.45) is -12.4. The number of amides is 2. The van der Waals surface area contributed by atoms with Crippen LogP contribution in [0.15, 0.2) is 47.4 Å². The first kappa shape index (κ1) is 30.6. The van der Waals surface area contributed by atoms with E-state index < -0.39 is 60.1 Å². The zero-order chi connectivity index (χ0) is 29.4. The Morgan fingerprint density at radius 3 is 2.08 bits per heavy atom. The minimum absolute atomic E-state index is 0.0542. The second kappa shape index (κ2) is 10.9. The van der Waals surface area contributed by atoms with Crippen LogP contribution in [0.1, 0.15) is 49.9 Å². The number of alkyl halides is 7. The first-order valence-corrected chi connectivity index (χ1v) is 12.9. The number of hydrogen-bond acceptors (Lipinski definition) is 4. The number of fused-ring (bicyclic) bond motifs is 1. The summed E-state index contributed by atoms with van der Waals surface area (Å²) in [5.74, 6) is -0.745. The number of carbonyl (C=O) groups is 2. The maximum absolute atomic E-state index is 13.7. The molecule has 5 nitrogen and oxygen atoms in total. The fraction of sp³-hybridized carbons (Fsp3) is 0.462. The van der Waals surface area contributed by atoms with Crippen LogP contribution in [-0.2, 0) is 21.5 Å². The standard InChI is InChI=1S/C26H27F7N2O3S/c1-23(2,3)38-22(37)35-14-15-13-18(39-4)9-10-19(15)20(35)21(36)34-17-7-5-16(6-8-17)24(11-12-27,25(28,29)30)26(31,32)33/h5-10,13,20H,11-12,14H2,1-4H3,(H,34,36). The first-order valence-electron chi connectivity index (χ1n) is 11.7. The number of benzene rings is 2. The van der Waals surface area contributed by atoms with Crippen molar-refractivity contribution in [1.29, 1.82) is 0 Å². The molecule has 0 aromatic heterocycles. The Morgan fingerprint density at radius 2 is 1.59 bits per heavy atom. The Morgan fingerprint density at radius 1 is 1.00 bits per heavy atom. The molecule has 0 spiro atoms. The zero-order valence-electron chi connectivity index (χ0n) is 21.5. The van der Waals surface area contributed by atoms with Gasteiger partial charge in [-0.3, -0.25) is 14.1 Å². The van der Waals surface area contributed by atoms with E-state index in [2.05, 4.69) is 5.32 Å². The van der Waals surface area contributed by atoms with Crippen molar-refractivity contribution < 1.29 is 45.1 Å². The number of carbonyl (C=O) groups excluding carboxylic acids is 2. The third-order valence-corrected chi connectivity index (χ3v) is 6.98.